The van der Waals surface area contributed by atoms with E-state index in [1.165, 1.54) is 6.08 Å². The highest BCUT2D eigenvalue weighted by Crippen LogP contribution is 2.05. The predicted molar refractivity (Wildman–Crippen MR) is 76.3 cm³/mol. The second-order valence-electron chi connectivity index (χ2n) is 4.60. The van der Waals surface area contributed by atoms with Gasteiger partial charge in [0.25, 0.3) is 0 Å². The Morgan fingerprint density at radius 1 is 1.45 bits per heavy atom. The smallest absolute Gasteiger partial charge is 0.316 e. The summed E-state index contributed by atoms with van der Waals surface area (Å²) in [5, 5.41) is 6.25. The second-order valence-corrected chi connectivity index (χ2v) is 4.60. The van der Waals surface area contributed by atoms with E-state index in [1.807, 2.05) is 6.92 Å². The maximum Gasteiger partial charge on any atom is 0.316 e. The van der Waals surface area contributed by atoms with Crippen LogP contribution in [0.4, 0.5) is 0 Å². The van der Waals surface area contributed by atoms with E-state index in [2.05, 4.69) is 20.6 Å². The van der Waals surface area contributed by atoms with Gasteiger partial charge in [-0.1, -0.05) is 0 Å². The maximum absolute atomic E-state index is 11.8. The Labute approximate surface area is 118 Å². The van der Waals surface area contributed by atoms with E-state index in [1.54, 1.807) is 18.5 Å². The minimum absolute atomic E-state index is 0.0780. The van der Waals surface area contributed by atoms with Crippen LogP contribution in [0.15, 0.2) is 18.5 Å². The molecule has 1 saturated heterocycles. The van der Waals surface area contributed by atoms with Crippen molar-refractivity contribution in [2.45, 2.75) is 25.8 Å². The summed E-state index contributed by atoms with van der Waals surface area (Å²) in [5.41, 5.74) is 0.772. The van der Waals surface area contributed by atoms with Crippen LogP contribution < -0.4 is 15.4 Å². The van der Waals surface area contributed by atoms with Crippen molar-refractivity contribution in [2.24, 2.45) is 0 Å². The lowest BCUT2D eigenvalue weighted by atomic mass is 10.1. The summed E-state index contributed by atoms with van der Waals surface area (Å²) in [5.74, 6) is -0.0780. The fourth-order valence-corrected chi connectivity index (χ4v) is 2.00. The van der Waals surface area contributed by atoms with Gasteiger partial charge in [0.2, 0.25) is 5.91 Å². The Kier molecular flexibility index (Phi) is 5.49. The SMILES string of the molecule is CCOc1ncc(/C=C/C(=O)NC2CCNCC2)cn1. The van der Waals surface area contributed by atoms with Crippen LogP contribution in [0.2, 0.25) is 0 Å². The van der Waals surface area contributed by atoms with E-state index in [9.17, 15) is 4.79 Å². The number of amides is 1. The summed E-state index contributed by atoms with van der Waals surface area (Å²) in [6.45, 7) is 4.33. The molecule has 6 nitrogen and oxygen atoms in total. The molecular formula is C14H20N4O2. The van der Waals surface area contributed by atoms with E-state index in [4.69, 9.17) is 4.74 Å². The molecule has 0 saturated carbocycles. The number of carbonyl (C=O) groups is 1. The predicted octanol–water partition coefficient (Wildman–Crippen LogP) is 0.757. The summed E-state index contributed by atoms with van der Waals surface area (Å²) in [4.78, 5) is 19.8. The Morgan fingerprint density at radius 2 is 2.15 bits per heavy atom. The molecule has 108 valence electrons. The van der Waals surface area contributed by atoms with Crippen LogP contribution in [0, 0.1) is 0 Å². The number of carbonyl (C=O) groups excluding carboxylic acids is 1. The fraction of sp³-hybridized carbons (Fsp3) is 0.500. The van der Waals surface area contributed by atoms with Crippen LogP contribution in [-0.4, -0.2) is 41.6 Å². The van der Waals surface area contributed by atoms with Gasteiger partial charge in [-0.15, -0.1) is 0 Å². The number of piperidine rings is 1. The van der Waals surface area contributed by atoms with Crippen LogP contribution in [-0.2, 0) is 4.79 Å². The summed E-state index contributed by atoms with van der Waals surface area (Å²) in [7, 11) is 0. The zero-order valence-electron chi connectivity index (χ0n) is 11.6. The zero-order chi connectivity index (χ0) is 14.2. The van der Waals surface area contributed by atoms with Gasteiger partial charge in [0, 0.05) is 30.1 Å². The maximum atomic E-state index is 11.8. The molecule has 1 aliphatic rings. The monoisotopic (exact) mass is 276 g/mol. The van der Waals surface area contributed by atoms with Crippen LogP contribution >= 0.6 is 0 Å². The van der Waals surface area contributed by atoms with Crippen molar-refractivity contribution in [1.82, 2.24) is 20.6 Å². The largest absolute Gasteiger partial charge is 0.464 e. The molecule has 2 heterocycles. The quantitative estimate of drug-likeness (QED) is 0.776. The van der Waals surface area contributed by atoms with Crippen LogP contribution in [0.5, 0.6) is 6.01 Å². The van der Waals surface area contributed by atoms with Crippen molar-refractivity contribution >= 4 is 12.0 Å². The Morgan fingerprint density at radius 3 is 2.80 bits per heavy atom. The standard InChI is InChI=1S/C14H20N4O2/c1-2-20-14-16-9-11(10-17-14)3-4-13(19)18-12-5-7-15-8-6-12/h3-4,9-10,12,15H,2,5-8H2,1H3,(H,18,19)/b4-3+. The van der Waals surface area contributed by atoms with Crippen molar-refractivity contribution in [3.63, 3.8) is 0 Å². The van der Waals surface area contributed by atoms with E-state index in [0.717, 1.165) is 31.5 Å². The van der Waals surface area contributed by atoms with E-state index in [-0.39, 0.29) is 11.9 Å². The molecule has 1 aromatic rings. The summed E-state index contributed by atoms with van der Waals surface area (Å²) >= 11 is 0. The molecule has 0 atom stereocenters. The first-order chi connectivity index (χ1) is 9.78. The third-order valence-corrected chi connectivity index (χ3v) is 3.03. The number of nitrogens with zero attached hydrogens (tertiary/aromatic N) is 2. The normalized spacial score (nSPS) is 16.2. The summed E-state index contributed by atoms with van der Waals surface area (Å²) in [6.07, 6.45) is 8.43. The molecule has 20 heavy (non-hydrogen) atoms. The van der Waals surface area contributed by atoms with Gasteiger partial charge < -0.3 is 15.4 Å². The molecule has 6 heteroatoms. The molecule has 0 spiro atoms. The fourth-order valence-electron chi connectivity index (χ4n) is 2.00. The van der Waals surface area contributed by atoms with E-state index < -0.39 is 0 Å². The second kappa shape index (κ2) is 7.59. The Bertz CT molecular complexity index is 453. The van der Waals surface area contributed by atoms with E-state index >= 15 is 0 Å². The minimum Gasteiger partial charge on any atom is -0.464 e. The molecule has 2 rings (SSSR count). The molecule has 1 fully saturated rings. The van der Waals surface area contributed by atoms with Gasteiger partial charge in [-0.05, 0) is 38.9 Å². The van der Waals surface area contributed by atoms with Gasteiger partial charge >= 0.3 is 6.01 Å². The Hall–Kier alpha value is -1.95. The van der Waals surface area contributed by atoms with E-state index in [0.29, 0.717) is 12.6 Å². The first kappa shape index (κ1) is 14.5. The van der Waals surface area contributed by atoms with Gasteiger partial charge in [0.15, 0.2) is 0 Å². The molecule has 0 aromatic carbocycles. The van der Waals surface area contributed by atoms with Gasteiger partial charge in [0.1, 0.15) is 0 Å². The van der Waals surface area contributed by atoms with Crippen LogP contribution in [0.1, 0.15) is 25.3 Å². The lowest BCUT2D eigenvalue weighted by Crippen LogP contribution is -2.42. The molecule has 2 N–H and O–H groups in total. The number of aromatic nitrogens is 2. The molecule has 1 aliphatic heterocycles. The van der Waals surface area contributed by atoms with Crippen LogP contribution in [0.3, 0.4) is 0 Å². The van der Waals surface area contributed by atoms with Gasteiger partial charge in [-0.25, -0.2) is 9.97 Å². The summed E-state index contributed by atoms with van der Waals surface area (Å²) in [6, 6.07) is 0.619. The lowest BCUT2D eigenvalue weighted by Gasteiger charge is -2.22. The number of hydrogen-bond donors (Lipinski definition) is 2. The number of ether oxygens (including phenoxy) is 1. The van der Waals surface area contributed by atoms with Crippen LogP contribution in [0.25, 0.3) is 6.08 Å². The number of rotatable bonds is 5. The average Bonchev–Trinajstić information content (AvgIpc) is 2.48. The lowest BCUT2D eigenvalue weighted by molar-refractivity contribution is -0.117. The molecule has 0 aliphatic carbocycles. The van der Waals surface area contributed by atoms with Gasteiger partial charge in [0.05, 0.1) is 6.61 Å². The Balaban J connectivity index is 1.83. The topological polar surface area (TPSA) is 76.1 Å². The first-order valence-electron chi connectivity index (χ1n) is 6.92. The molecule has 1 amide bonds. The zero-order valence-corrected chi connectivity index (χ0v) is 11.6. The minimum atomic E-state index is -0.0780. The average molecular weight is 276 g/mol. The summed E-state index contributed by atoms with van der Waals surface area (Å²) < 4.78 is 5.16. The third-order valence-electron chi connectivity index (χ3n) is 3.03. The van der Waals surface area contributed by atoms with Gasteiger partial charge in [-0.2, -0.15) is 0 Å². The highest BCUT2D eigenvalue weighted by Gasteiger charge is 2.13. The van der Waals surface area contributed by atoms with Crippen molar-refractivity contribution < 1.29 is 9.53 Å². The first-order valence-corrected chi connectivity index (χ1v) is 6.92. The highest BCUT2D eigenvalue weighted by atomic mass is 16.5. The molecule has 0 unspecified atom stereocenters. The molecule has 1 aromatic heterocycles. The molecular weight excluding hydrogens is 256 g/mol. The number of nitrogens with one attached hydrogen (secondary N) is 2. The molecule has 0 bridgehead atoms. The van der Waals surface area contributed by atoms with Crippen molar-refractivity contribution in [3.05, 3.63) is 24.0 Å². The third kappa shape index (κ3) is 4.62. The van der Waals surface area contributed by atoms with Crippen molar-refractivity contribution in [3.8, 4) is 6.01 Å². The van der Waals surface area contributed by atoms with Crippen molar-refractivity contribution in [1.29, 1.82) is 0 Å². The number of hydrogen-bond acceptors (Lipinski definition) is 5. The van der Waals surface area contributed by atoms with Gasteiger partial charge in [-0.3, -0.25) is 4.79 Å². The highest BCUT2D eigenvalue weighted by molar-refractivity contribution is 5.91. The molecule has 0 radical (unpaired) electrons. The van der Waals surface area contributed by atoms with Crippen molar-refractivity contribution in [2.75, 3.05) is 19.7 Å².